The summed E-state index contributed by atoms with van der Waals surface area (Å²) in [6, 6.07) is 32.0. The number of ether oxygens (including phenoxy) is 3. The quantitative estimate of drug-likeness (QED) is 0.106. The summed E-state index contributed by atoms with van der Waals surface area (Å²) >= 11 is 0. The van der Waals surface area contributed by atoms with E-state index in [9.17, 15) is 27.6 Å². The first-order valence-electron chi connectivity index (χ1n) is 24.3. The first-order valence-corrected chi connectivity index (χ1v) is 24.3. The molecule has 0 aromatic heterocycles. The molecule has 14 heteroatoms. The first kappa shape index (κ1) is 56.5. The Hall–Kier alpha value is -6.05. The average Bonchev–Trinajstić information content (AvgIpc) is 3.27. The molecule has 0 radical (unpaired) electrons. The molecule has 3 N–H and O–H groups in total. The summed E-state index contributed by atoms with van der Waals surface area (Å²) in [6.07, 6.45) is 6.75. The van der Waals surface area contributed by atoms with Crippen LogP contribution in [0, 0.1) is 16.7 Å². The molecule has 382 valence electrons. The number of carboxylic acids is 1. The van der Waals surface area contributed by atoms with Crippen molar-refractivity contribution in [3.05, 3.63) is 97.1 Å². The van der Waals surface area contributed by atoms with Crippen LogP contribution in [0.25, 0.3) is 22.3 Å². The Morgan fingerprint density at radius 1 is 0.614 bits per heavy atom. The van der Waals surface area contributed by atoms with Gasteiger partial charge in [-0.3, -0.25) is 9.59 Å². The number of hydrogen-bond acceptors (Lipinski definition) is 7. The Kier molecular flexibility index (Phi) is 20.8. The maximum Gasteiger partial charge on any atom is 0.490 e. The van der Waals surface area contributed by atoms with Crippen LogP contribution < -0.4 is 20.1 Å². The van der Waals surface area contributed by atoms with Crippen molar-refractivity contribution in [2.45, 2.75) is 144 Å². The van der Waals surface area contributed by atoms with E-state index < -0.39 is 17.7 Å². The van der Waals surface area contributed by atoms with Crippen molar-refractivity contribution in [2.75, 3.05) is 30.4 Å². The third-order valence-corrected chi connectivity index (χ3v) is 12.5. The fourth-order valence-electron chi connectivity index (χ4n) is 8.40. The third-order valence-electron chi connectivity index (χ3n) is 12.5. The van der Waals surface area contributed by atoms with Gasteiger partial charge in [-0.05, 0) is 173 Å². The number of alkyl halides is 3. The minimum atomic E-state index is -5.08. The smallest absolute Gasteiger partial charge is 0.490 e. The molecule has 0 aliphatic heterocycles. The van der Waals surface area contributed by atoms with E-state index in [1.54, 1.807) is 0 Å². The zero-order valence-corrected chi connectivity index (χ0v) is 42.5. The molecule has 3 amide bonds. The number of nitrogens with one attached hydrogen (secondary N) is 2. The van der Waals surface area contributed by atoms with Gasteiger partial charge in [0.2, 0.25) is 11.8 Å². The Morgan fingerprint density at radius 2 is 0.971 bits per heavy atom. The van der Waals surface area contributed by atoms with Crippen molar-refractivity contribution >= 4 is 35.3 Å². The monoisotopic (exact) mass is 974 g/mol. The van der Waals surface area contributed by atoms with E-state index in [4.69, 9.17) is 24.1 Å². The molecule has 2 saturated carbocycles. The van der Waals surface area contributed by atoms with Crippen LogP contribution in [-0.2, 0) is 19.1 Å². The molecule has 2 fully saturated rings. The summed E-state index contributed by atoms with van der Waals surface area (Å²) in [6.45, 7) is 19.8. The Morgan fingerprint density at radius 3 is 1.33 bits per heavy atom. The zero-order valence-electron chi connectivity index (χ0n) is 42.5. The number of rotatable bonds is 14. The van der Waals surface area contributed by atoms with Gasteiger partial charge in [-0.1, -0.05) is 76.2 Å². The van der Waals surface area contributed by atoms with Crippen molar-refractivity contribution in [2.24, 2.45) is 16.7 Å². The maximum absolute atomic E-state index is 13.0. The fraction of sp³-hybridized carbons (Fsp3) is 0.500. The summed E-state index contributed by atoms with van der Waals surface area (Å²) in [5.74, 6) is -0.314. The molecule has 2 aliphatic rings. The molecule has 0 saturated heterocycles. The van der Waals surface area contributed by atoms with E-state index in [1.165, 1.54) is 46.0 Å². The second-order valence-electron chi connectivity index (χ2n) is 20.9. The van der Waals surface area contributed by atoms with Crippen molar-refractivity contribution < 1.29 is 51.7 Å². The second kappa shape index (κ2) is 25.7. The molecular weight excluding hydrogens is 900 g/mol. The van der Waals surface area contributed by atoms with Crippen LogP contribution in [-0.4, -0.2) is 71.5 Å². The van der Waals surface area contributed by atoms with E-state index in [0.29, 0.717) is 24.0 Å². The molecule has 11 nitrogen and oxygen atoms in total. The second-order valence-corrected chi connectivity index (χ2v) is 20.9. The number of hydrogen-bond donors (Lipinski definition) is 3. The Balaban J connectivity index is 0.000000273. The van der Waals surface area contributed by atoms with E-state index in [-0.39, 0.29) is 23.9 Å². The van der Waals surface area contributed by atoms with Gasteiger partial charge in [-0.2, -0.15) is 13.2 Å². The highest BCUT2D eigenvalue weighted by molar-refractivity contribution is 5.89. The number of benzene rings is 4. The van der Waals surface area contributed by atoms with Gasteiger partial charge in [0, 0.05) is 31.3 Å². The largest absolute Gasteiger partial charge is 0.494 e. The predicted octanol–water partition coefficient (Wildman–Crippen LogP) is 14.2. The van der Waals surface area contributed by atoms with E-state index in [0.717, 1.165) is 89.8 Å². The Labute approximate surface area is 412 Å². The van der Waals surface area contributed by atoms with Gasteiger partial charge in [-0.25, -0.2) is 9.59 Å². The highest BCUT2D eigenvalue weighted by Gasteiger charge is 2.38. The first-order chi connectivity index (χ1) is 32.8. The fourth-order valence-corrected chi connectivity index (χ4v) is 8.40. The third kappa shape index (κ3) is 20.5. The summed E-state index contributed by atoms with van der Waals surface area (Å²) in [4.78, 5) is 46.0. The normalized spacial score (nSPS) is 15.7. The average molecular weight is 974 g/mol. The van der Waals surface area contributed by atoms with E-state index in [2.05, 4.69) is 50.5 Å². The van der Waals surface area contributed by atoms with Crippen molar-refractivity contribution in [3.63, 3.8) is 0 Å². The SMILES string of the molecule is CC(=O)Nc1ccc(-c2ccc(OCCCC3CCC(C)(C)CC3)cc2)cc1.CC(=O)Nc1ccc(-c2ccc(OCCN(C(=O)OC(C)(C)C)C3CCC(C)(C)CC3)cc2)cc1.O=C(O)C(F)(F)F. The highest BCUT2D eigenvalue weighted by Crippen LogP contribution is 2.40. The highest BCUT2D eigenvalue weighted by atomic mass is 19.4. The van der Waals surface area contributed by atoms with Gasteiger partial charge in [-0.15, -0.1) is 0 Å². The minimum Gasteiger partial charge on any atom is -0.494 e. The van der Waals surface area contributed by atoms with Gasteiger partial charge in [0.05, 0.1) is 13.2 Å². The molecule has 70 heavy (non-hydrogen) atoms. The zero-order chi connectivity index (χ0) is 51.7. The van der Waals surface area contributed by atoms with Crippen molar-refractivity contribution in [3.8, 4) is 33.8 Å². The van der Waals surface area contributed by atoms with Gasteiger partial charge in [0.25, 0.3) is 0 Å². The molecule has 0 unspecified atom stereocenters. The van der Waals surface area contributed by atoms with E-state index >= 15 is 0 Å². The summed E-state index contributed by atoms with van der Waals surface area (Å²) in [7, 11) is 0. The number of anilines is 2. The van der Waals surface area contributed by atoms with E-state index in [1.807, 2.05) is 111 Å². The molecule has 4 aromatic rings. The van der Waals surface area contributed by atoms with Gasteiger partial charge in [0.15, 0.2) is 0 Å². The number of carbonyl (C=O) groups excluding carboxylic acids is 3. The molecule has 0 atom stereocenters. The standard InChI is InChI=1S/C29H40N2O4.C25H33NO2.C2HF3O2/c1-21(32)30-24-11-7-22(8-12-24)23-9-13-26(14-10-23)34-20-19-31(27(33)35-28(2,3)4)25-15-17-29(5,6)18-16-25;1-19(27)26-23-10-6-21(7-11-23)22-8-12-24(13-9-22)28-18-4-5-20-14-16-25(2,3)17-15-20;3-2(4,5)1(6)7/h7-14,25H,15-20H2,1-6H3,(H,30,32);6-13,20H,4-5,14-18H2,1-3H3,(H,26,27);(H,6,7). The summed E-state index contributed by atoms with van der Waals surface area (Å²) in [5, 5.41) is 12.7. The lowest BCUT2D eigenvalue weighted by atomic mass is 9.72. The molecule has 0 heterocycles. The lowest BCUT2D eigenvalue weighted by Gasteiger charge is -2.40. The van der Waals surface area contributed by atoms with Gasteiger partial charge >= 0.3 is 18.2 Å². The van der Waals surface area contributed by atoms with Crippen LogP contribution in [0.15, 0.2) is 97.1 Å². The molecule has 6 rings (SSSR count). The van der Waals surface area contributed by atoms with Crippen LogP contribution in [0.4, 0.5) is 29.3 Å². The number of carbonyl (C=O) groups is 4. The molecule has 2 aliphatic carbocycles. The number of carboxylic acid groups (broad SMARTS) is 1. The van der Waals surface area contributed by atoms with Crippen LogP contribution in [0.1, 0.15) is 127 Å². The van der Waals surface area contributed by atoms with Crippen molar-refractivity contribution in [1.82, 2.24) is 4.90 Å². The lowest BCUT2D eigenvalue weighted by molar-refractivity contribution is -0.192. The lowest BCUT2D eigenvalue weighted by Crippen LogP contribution is -2.47. The summed E-state index contributed by atoms with van der Waals surface area (Å²) < 4.78 is 49.4. The molecule has 4 aromatic carbocycles. The van der Waals surface area contributed by atoms with Crippen molar-refractivity contribution in [1.29, 1.82) is 0 Å². The predicted molar refractivity (Wildman–Crippen MR) is 271 cm³/mol. The van der Waals surface area contributed by atoms with Gasteiger partial charge in [0.1, 0.15) is 23.7 Å². The van der Waals surface area contributed by atoms with Crippen LogP contribution in [0.3, 0.4) is 0 Å². The van der Waals surface area contributed by atoms with Crippen LogP contribution >= 0.6 is 0 Å². The minimum absolute atomic E-state index is 0.0541. The van der Waals surface area contributed by atoms with Gasteiger partial charge < -0.3 is 34.9 Å². The number of halogens is 3. The van der Waals surface area contributed by atoms with Crippen LogP contribution in [0.2, 0.25) is 0 Å². The molecular formula is C56H74F3N3O8. The Bertz CT molecular complexity index is 2250. The maximum atomic E-state index is 13.0. The number of nitrogens with zero attached hydrogens (tertiary/aromatic N) is 1. The molecule has 0 bridgehead atoms. The topological polar surface area (TPSA) is 144 Å². The number of aliphatic carboxylic acids is 1. The number of amides is 3. The summed E-state index contributed by atoms with van der Waals surface area (Å²) in [5.41, 5.74) is 6.34. The van der Waals surface area contributed by atoms with Crippen LogP contribution in [0.5, 0.6) is 11.5 Å². The molecule has 0 spiro atoms.